The highest BCUT2D eigenvalue weighted by Crippen LogP contribution is 2.41. The SMILES string of the molecule is CCCCc1nc(O)c(S(=O)(=O)c2ccc(-c3cccnc3C)cc2)c(=O)n1C(CC)c1cccc2c1OCO2. The second kappa shape index (κ2) is 11.1. The summed E-state index contributed by atoms with van der Waals surface area (Å²) < 4.78 is 40.3. The average molecular weight is 562 g/mol. The van der Waals surface area contributed by atoms with Crippen molar-refractivity contribution in [3.05, 3.63) is 88.2 Å². The molecule has 0 aliphatic carbocycles. The number of benzene rings is 2. The predicted octanol–water partition coefficient (Wildman–Crippen LogP) is 5.22. The smallest absolute Gasteiger partial charge is 0.277 e. The van der Waals surface area contributed by atoms with Crippen LogP contribution in [0.5, 0.6) is 17.4 Å². The summed E-state index contributed by atoms with van der Waals surface area (Å²) in [4.78, 5) is 21.8. The van der Waals surface area contributed by atoms with E-state index in [0.717, 1.165) is 23.2 Å². The van der Waals surface area contributed by atoms with Crippen molar-refractivity contribution in [3.63, 3.8) is 0 Å². The highest BCUT2D eigenvalue weighted by atomic mass is 32.2. The van der Waals surface area contributed by atoms with Gasteiger partial charge in [0.15, 0.2) is 16.4 Å². The van der Waals surface area contributed by atoms with E-state index in [1.165, 1.54) is 16.7 Å². The Morgan fingerprint density at radius 3 is 2.52 bits per heavy atom. The lowest BCUT2D eigenvalue weighted by Gasteiger charge is -2.24. The van der Waals surface area contributed by atoms with Gasteiger partial charge in [-0.05, 0) is 49.6 Å². The van der Waals surface area contributed by atoms with Crippen molar-refractivity contribution in [2.45, 2.75) is 62.3 Å². The summed E-state index contributed by atoms with van der Waals surface area (Å²) in [7, 11) is -4.42. The molecule has 9 nitrogen and oxygen atoms in total. The van der Waals surface area contributed by atoms with Crippen LogP contribution in [0, 0.1) is 6.92 Å². The number of aromatic nitrogens is 3. The van der Waals surface area contributed by atoms with E-state index in [-0.39, 0.29) is 11.7 Å². The second-order valence-corrected chi connectivity index (χ2v) is 11.5. The summed E-state index contributed by atoms with van der Waals surface area (Å²) in [5.74, 6) is 0.588. The Balaban J connectivity index is 1.65. The molecule has 0 bridgehead atoms. The van der Waals surface area contributed by atoms with Crippen LogP contribution in [-0.4, -0.2) is 34.9 Å². The van der Waals surface area contributed by atoms with Crippen molar-refractivity contribution in [3.8, 4) is 28.5 Å². The lowest BCUT2D eigenvalue weighted by molar-refractivity contribution is 0.172. The van der Waals surface area contributed by atoms with Crippen LogP contribution in [0.2, 0.25) is 0 Å². The zero-order valence-electron chi connectivity index (χ0n) is 22.6. The van der Waals surface area contributed by atoms with E-state index in [2.05, 4.69) is 9.97 Å². The molecule has 5 rings (SSSR count). The molecule has 0 radical (unpaired) electrons. The third-order valence-electron chi connectivity index (χ3n) is 7.12. The molecule has 1 N–H and O–H groups in total. The van der Waals surface area contributed by atoms with Crippen molar-refractivity contribution in [2.24, 2.45) is 0 Å². The number of ether oxygens (including phenoxy) is 2. The molecule has 1 unspecified atom stereocenters. The van der Waals surface area contributed by atoms with E-state index >= 15 is 0 Å². The fourth-order valence-electron chi connectivity index (χ4n) is 5.09. The van der Waals surface area contributed by atoms with Crippen molar-refractivity contribution < 1.29 is 23.0 Å². The van der Waals surface area contributed by atoms with Gasteiger partial charge in [0.05, 0.1) is 10.9 Å². The first-order chi connectivity index (χ1) is 19.3. The van der Waals surface area contributed by atoms with Gasteiger partial charge < -0.3 is 14.6 Å². The summed E-state index contributed by atoms with van der Waals surface area (Å²) in [5, 5.41) is 10.9. The van der Waals surface area contributed by atoms with Gasteiger partial charge in [-0.15, -0.1) is 0 Å². The normalized spacial score (nSPS) is 13.4. The maximum Gasteiger partial charge on any atom is 0.277 e. The number of rotatable bonds is 9. The maximum atomic E-state index is 14.1. The molecule has 2 aromatic carbocycles. The van der Waals surface area contributed by atoms with Crippen LogP contribution in [0.4, 0.5) is 0 Å². The second-order valence-electron chi connectivity index (χ2n) is 9.63. The van der Waals surface area contributed by atoms with Gasteiger partial charge in [0, 0.05) is 29.4 Å². The number of para-hydroxylation sites is 1. The molecule has 1 atom stereocenters. The van der Waals surface area contributed by atoms with Gasteiger partial charge in [0.25, 0.3) is 5.56 Å². The van der Waals surface area contributed by atoms with Crippen LogP contribution in [0.3, 0.4) is 0 Å². The van der Waals surface area contributed by atoms with Crippen molar-refractivity contribution in [2.75, 3.05) is 6.79 Å². The number of aryl methyl sites for hydroxylation is 2. The Morgan fingerprint density at radius 1 is 1.05 bits per heavy atom. The number of pyridine rings is 1. The predicted molar refractivity (Wildman–Crippen MR) is 150 cm³/mol. The molecule has 3 heterocycles. The average Bonchev–Trinajstić information content (AvgIpc) is 3.43. The lowest BCUT2D eigenvalue weighted by Crippen LogP contribution is -2.33. The number of hydrogen-bond acceptors (Lipinski definition) is 8. The minimum atomic E-state index is -4.42. The number of unbranched alkanes of at least 4 members (excludes halogenated alkanes) is 1. The number of aromatic hydroxyl groups is 1. The Morgan fingerprint density at radius 2 is 1.82 bits per heavy atom. The monoisotopic (exact) mass is 561 g/mol. The van der Waals surface area contributed by atoms with E-state index in [9.17, 15) is 18.3 Å². The first kappa shape index (κ1) is 27.4. The van der Waals surface area contributed by atoms with E-state index in [1.807, 2.05) is 39.0 Å². The zero-order chi connectivity index (χ0) is 28.4. The summed E-state index contributed by atoms with van der Waals surface area (Å²) in [6.07, 6.45) is 4.06. The maximum absolute atomic E-state index is 14.1. The van der Waals surface area contributed by atoms with Gasteiger partial charge in [-0.1, -0.05) is 50.6 Å². The molecular formula is C30H31N3O6S. The minimum Gasteiger partial charge on any atom is -0.492 e. The standard InChI is InChI=1S/C30H31N3O6S/c1-4-6-12-26-32-29(34)28(30(35)33(26)24(5-2)23-9-7-11-25-27(23)39-18-38-25)40(36,37)21-15-13-20(14-16-21)22-10-8-17-31-19(22)3/h7-11,13-17,24,34H,4-6,12,18H2,1-3H3. The van der Waals surface area contributed by atoms with Crippen LogP contribution in [0.1, 0.15) is 56.2 Å². The fourth-order valence-corrected chi connectivity index (χ4v) is 6.44. The summed E-state index contributed by atoms with van der Waals surface area (Å²) in [6.45, 7) is 5.83. The molecule has 0 spiro atoms. The lowest BCUT2D eigenvalue weighted by atomic mass is 10.0. The molecule has 10 heteroatoms. The number of hydrogen-bond donors (Lipinski definition) is 1. The summed E-state index contributed by atoms with van der Waals surface area (Å²) in [5.41, 5.74) is 2.31. The molecule has 0 saturated heterocycles. The van der Waals surface area contributed by atoms with Crippen LogP contribution < -0.4 is 15.0 Å². The molecule has 1 aliphatic heterocycles. The first-order valence-corrected chi connectivity index (χ1v) is 14.8. The van der Waals surface area contributed by atoms with Crippen LogP contribution >= 0.6 is 0 Å². The molecule has 0 fully saturated rings. The number of sulfone groups is 1. The van der Waals surface area contributed by atoms with E-state index in [4.69, 9.17) is 9.47 Å². The Bertz CT molecular complexity index is 1710. The summed E-state index contributed by atoms with van der Waals surface area (Å²) in [6, 6.07) is 14.7. The molecular weight excluding hydrogens is 530 g/mol. The Labute approximate surface area is 233 Å². The quantitative estimate of drug-likeness (QED) is 0.295. The van der Waals surface area contributed by atoms with E-state index in [1.54, 1.807) is 30.5 Å². The van der Waals surface area contributed by atoms with Crippen molar-refractivity contribution in [1.29, 1.82) is 0 Å². The molecule has 2 aromatic heterocycles. The van der Waals surface area contributed by atoms with Crippen molar-refractivity contribution in [1.82, 2.24) is 14.5 Å². The van der Waals surface area contributed by atoms with Crippen LogP contribution in [-0.2, 0) is 16.3 Å². The molecule has 0 amide bonds. The molecule has 40 heavy (non-hydrogen) atoms. The van der Waals surface area contributed by atoms with E-state index < -0.39 is 32.2 Å². The molecule has 208 valence electrons. The van der Waals surface area contributed by atoms with Gasteiger partial charge in [-0.3, -0.25) is 14.3 Å². The largest absolute Gasteiger partial charge is 0.492 e. The van der Waals surface area contributed by atoms with Crippen LogP contribution in [0.15, 0.2) is 75.4 Å². The molecule has 1 aliphatic rings. The highest BCUT2D eigenvalue weighted by Gasteiger charge is 2.33. The summed E-state index contributed by atoms with van der Waals surface area (Å²) >= 11 is 0. The number of fused-ring (bicyclic) bond motifs is 1. The Kier molecular flexibility index (Phi) is 7.62. The topological polar surface area (TPSA) is 121 Å². The van der Waals surface area contributed by atoms with E-state index in [0.29, 0.717) is 42.1 Å². The number of nitrogens with zero attached hydrogens (tertiary/aromatic N) is 3. The van der Waals surface area contributed by atoms with Gasteiger partial charge in [0.2, 0.25) is 22.5 Å². The third-order valence-corrected chi connectivity index (χ3v) is 8.91. The third kappa shape index (κ3) is 4.83. The van der Waals surface area contributed by atoms with Gasteiger partial charge in [-0.25, -0.2) is 8.42 Å². The molecule has 0 saturated carbocycles. The first-order valence-electron chi connectivity index (χ1n) is 13.3. The fraction of sp³-hybridized carbons (Fsp3) is 0.300. The van der Waals surface area contributed by atoms with Gasteiger partial charge in [0.1, 0.15) is 5.82 Å². The van der Waals surface area contributed by atoms with Gasteiger partial charge in [-0.2, -0.15) is 4.98 Å². The minimum absolute atomic E-state index is 0.0579. The van der Waals surface area contributed by atoms with Gasteiger partial charge >= 0.3 is 0 Å². The highest BCUT2D eigenvalue weighted by molar-refractivity contribution is 7.91. The molecule has 4 aromatic rings. The van der Waals surface area contributed by atoms with Crippen LogP contribution in [0.25, 0.3) is 11.1 Å². The van der Waals surface area contributed by atoms with Crippen molar-refractivity contribution >= 4 is 9.84 Å². The Hall–Kier alpha value is -4.18. The zero-order valence-corrected chi connectivity index (χ0v) is 23.4.